The van der Waals surface area contributed by atoms with Crippen molar-refractivity contribution in [1.82, 2.24) is 15.6 Å². The minimum Gasteiger partial charge on any atom is -0.391 e. The summed E-state index contributed by atoms with van der Waals surface area (Å²) in [5, 5.41) is 16.6. The van der Waals surface area contributed by atoms with Crippen LogP contribution in [-0.2, 0) is 16.0 Å². The largest absolute Gasteiger partial charge is 0.391 e. The number of amides is 2. The molecule has 4 N–H and O–H groups in total. The van der Waals surface area contributed by atoms with Gasteiger partial charge in [-0.2, -0.15) is 0 Å². The number of H-pyrrole nitrogens is 1. The summed E-state index contributed by atoms with van der Waals surface area (Å²) >= 11 is 0. The Kier molecular flexibility index (Phi) is 13.4. The first-order valence-electron chi connectivity index (χ1n) is 13.3. The molecule has 34 heavy (non-hydrogen) atoms. The molecule has 6 nitrogen and oxygen atoms in total. The van der Waals surface area contributed by atoms with Gasteiger partial charge in [0.05, 0.1) is 12.5 Å². The van der Waals surface area contributed by atoms with E-state index >= 15 is 0 Å². The van der Waals surface area contributed by atoms with Crippen LogP contribution in [0.4, 0.5) is 0 Å². The first kappa shape index (κ1) is 27.9. The molecule has 0 saturated carbocycles. The summed E-state index contributed by atoms with van der Waals surface area (Å²) in [6.07, 6.45) is 16.2. The lowest BCUT2D eigenvalue weighted by Gasteiger charge is -2.21. The highest BCUT2D eigenvalue weighted by molar-refractivity contribution is 5.92. The number of aromatic amines is 1. The number of aromatic nitrogens is 1. The number of carbonyl (C=O) groups is 2. The van der Waals surface area contributed by atoms with Crippen molar-refractivity contribution in [2.24, 2.45) is 0 Å². The van der Waals surface area contributed by atoms with Crippen LogP contribution in [0.5, 0.6) is 0 Å². The lowest BCUT2D eigenvalue weighted by atomic mass is 10.1. The Morgan fingerprint density at radius 2 is 1.50 bits per heavy atom. The second kappa shape index (κ2) is 16.3. The fraction of sp³-hybridized carbons (Fsp3) is 0.643. The molecule has 2 amide bonds. The number of aliphatic hydroxyl groups excluding tert-OH is 1. The molecule has 1 heterocycles. The normalized spacial score (nSPS) is 13.0. The molecule has 2 aromatic rings. The third-order valence-corrected chi connectivity index (χ3v) is 6.44. The average molecular weight is 472 g/mol. The number of hydrogen-bond donors (Lipinski definition) is 4. The van der Waals surface area contributed by atoms with Gasteiger partial charge in [-0.05, 0) is 25.0 Å². The van der Waals surface area contributed by atoms with Crippen molar-refractivity contribution in [3.8, 4) is 0 Å². The average Bonchev–Trinajstić information content (AvgIpc) is 3.23. The molecule has 0 spiro atoms. The zero-order valence-electron chi connectivity index (χ0n) is 21.2. The molecule has 0 saturated heterocycles. The highest BCUT2D eigenvalue weighted by Gasteiger charge is 2.25. The number of para-hydroxylation sites is 1. The molecule has 2 unspecified atom stereocenters. The Bertz CT molecular complexity index is 846. The number of aliphatic hydroxyl groups is 1. The maximum Gasteiger partial charge on any atom is 0.245 e. The van der Waals surface area contributed by atoms with Crippen LogP contribution in [0.15, 0.2) is 30.5 Å². The molecule has 6 heteroatoms. The van der Waals surface area contributed by atoms with E-state index in [0.717, 1.165) is 29.3 Å². The van der Waals surface area contributed by atoms with Crippen LogP contribution in [-0.4, -0.2) is 40.6 Å². The molecule has 1 aromatic heterocycles. The number of rotatable bonds is 18. The van der Waals surface area contributed by atoms with Gasteiger partial charge in [-0.3, -0.25) is 9.59 Å². The number of fused-ring (bicyclic) bond motifs is 1. The third kappa shape index (κ3) is 10.3. The molecular weight excluding hydrogens is 426 g/mol. The highest BCUT2D eigenvalue weighted by atomic mass is 16.3. The van der Waals surface area contributed by atoms with Crippen molar-refractivity contribution in [3.63, 3.8) is 0 Å². The molecule has 2 atom stereocenters. The van der Waals surface area contributed by atoms with Crippen molar-refractivity contribution in [3.05, 3.63) is 36.0 Å². The Morgan fingerprint density at radius 1 is 0.912 bits per heavy atom. The quantitative estimate of drug-likeness (QED) is 0.219. The molecule has 0 aliphatic rings. The van der Waals surface area contributed by atoms with E-state index in [-0.39, 0.29) is 18.2 Å². The maximum absolute atomic E-state index is 12.5. The lowest BCUT2D eigenvalue weighted by molar-refractivity contribution is -0.131. The lowest BCUT2D eigenvalue weighted by Crippen LogP contribution is -2.52. The number of hydrogen-bond acceptors (Lipinski definition) is 3. The van der Waals surface area contributed by atoms with Gasteiger partial charge in [0.2, 0.25) is 11.8 Å². The molecule has 0 radical (unpaired) electrons. The monoisotopic (exact) mass is 471 g/mol. The number of carbonyl (C=O) groups excluding carboxylic acids is 2. The van der Waals surface area contributed by atoms with Crippen molar-refractivity contribution in [2.45, 2.75) is 109 Å². The topological polar surface area (TPSA) is 94.2 Å². The van der Waals surface area contributed by atoms with Crippen LogP contribution in [0.2, 0.25) is 0 Å². The molecule has 0 aliphatic heterocycles. The van der Waals surface area contributed by atoms with Crippen LogP contribution in [0, 0.1) is 0 Å². The predicted molar refractivity (Wildman–Crippen MR) is 140 cm³/mol. The van der Waals surface area contributed by atoms with E-state index in [1.54, 1.807) is 0 Å². The molecule has 0 aliphatic carbocycles. The van der Waals surface area contributed by atoms with Crippen molar-refractivity contribution < 1.29 is 14.7 Å². The predicted octanol–water partition coefficient (Wildman–Crippen LogP) is 5.39. The van der Waals surface area contributed by atoms with E-state index in [2.05, 4.69) is 22.5 Å². The Morgan fingerprint density at radius 3 is 2.12 bits per heavy atom. The number of nitrogens with one attached hydrogen (secondary N) is 3. The third-order valence-electron chi connectivity index (χ3n) is 6.44. The van der Waals surface area contributed by atoms with Crippen LogP contribution in [0.1, 0.15) is 96.5 Å². The van der Waals surface area contributed by atoms with Gasteiger partial charge >= 0.3 is 0 Å². The van der Waals surface area contributed by atoms with Crippen LogP contribution in [0.25, 0.3) is 10.9 Å². The summed E-state index contributed by atoms with van der Waals surface area (Å²) in [5.41, 5.74) is 1.84. The molecule has 190 valence electrons. The smallest absolute Gasteiger partial charge is 0.245 e. The van der Waals surface area contributed by atoms with Gasteiger partial charge in [-0.25, -0.2) is 0 Å². The van der Waals surface area contributed by atoms with Gasteiger partial charge in [0.15, 0.2) is 0 Å². The standard InChI is InChI=1S/C28H45N3O3/c1-3-4-5-6-7-8-9-10-11-12-13-16-19-29-28(34)27(22(2)32)31-26(33)20-23-21-30-25-18-15-14-17-24(23)25/h14-15,17-18,21-22,27,30,32H,3-13,16,19-20H2,1-2H3,(H,29,34)(H,31,33). The summed E-state index contributed by atoms with van der Waals surface area (Å²) in [6, 6.07) is 6.84. The fourth-order valence-electron chi connectivity index (χ4n) is 4.37. The minimum atomic E-state index is -0.964. The van der Waals surface area contributed by atoms with Crippen LogP contribution >= 0.6 is 0 Å². The molecule has 1 aromatic carbocycles. The molecule has 0 bridgehead atoms. The van der Waals surface area contributed by atoms with E-state index in [1.807, 2.05) is 30.5 Å². The van der Waals surface area contributed by atoms with E-state index in [4.69, 9.17) is 0 Å². The Labute approximate surface area is 205 Å². The Balaban J connectivity index is 1.58. The van der Waals surface area contributed by atoms with E-state index in [9.17, 15) is 14.7 Å². The van der Waals surface area contributed by atoms with E-state index in [0.29, 0.717) is 6.54 Å². The van der Waals surface area contributed by atoms with E-state index in [1.165, 1.54) is 71.1 Å². The first-order valence-corrected chi connectivity index (χ1v) is 13.3. The first-order chi connectivity index (χ1) is 16.5. The van der Waals surface area contributed by atoms with Crippen molar-refractivity contribution >= 4 is 22.7 Å². The van der Waals surface area contributed by atoms with Crippen molar-refractivity contribution in [1.29, 1.82) is 0 Å². The molecule has 2 rings (SSSR count). The summed E-state index contributed by atoms with van der Waals surface area (Å²) in [5.74, 6) is -0.610. The van der Waals surface area contributed by atoms with Gasteiger partial charge in [0, 0.05) is 23.6 Å². The minimum absolute atomic E-state index is 0.152. The number of benzene rings is 1. The summed E-state index contributed by atoms with van der Waals surface area (Å²) in [7, 11) is 0. The highest BCUT2D eigenvalue weighted by Crippen LogP contribution is 2.18. The molecule has 0 fully saturated rings. The zero-order chi connectivity index (χ0) is 24.6. The second-order valence-corrected chi connectivity index (χ2v) is 9.50. The maximum atomic E-state index is 12.5. The summed E-state index contributed by atoms with van der Waals surface area (Å²) < 4.78 is 0. The van der Waals surface area contributed by atoms with Crippen LogP contribution in [0.3, 0.4) is 0 Å². The summed E-state index contributed by atoms with van der Waals surface area (Å²) in [6.45, 7) is 4.35. The van der Waals surface area contributed by atoms with Gasteiger partial charge in [0.1, 0.15) is 6.04 Å². The van der Waals surface area contributed by atoms with E-state index < -0.39 is 12.1 Å². The SMILES string of the molecule is CCCCCCCCCCCCCCNC(=O)C(NC(=O)Cc1c[nH]c2ccccc12)C(C)O. The number of unbranched alkanes of at least 4 members (excludes halogenated alkanes) is 11. The van der Waals surface area contributed by atoms with Gasteiger partial charge in [-0.1, -0.05) is 95.8 Å². The van der Waals surface area contributed by atoms with Gasteiger partial charge in [-0.15, -0.1) is 0 Å². The van der Waals surface area contributed by atoms with Gasteiger partial charge in [0.25, 0.3) is 0 Å². The zero-order valence-corrected chi connectivity index (χ0v) is 21.2. The Hall–Kier alpha value is -2.34. The summed E-state index contributed by atoms with van der Waals surface area (Å²) in [4.78, 5) is 28.2. The molecular formula is C28H45N3O3. The van der Waals surface area contributed by atoms with Gasteiger partial charge < -0.3 is 20.7 Å². The second-order valence-electron chi connectivity index (χ2n) is 9.50. The van der Waals surface area contributed by atoms with Crippen LogP contribution < -0.4 is 10.6 Å². The fourth-order valence-corrected chi connectivity index (χ4v) is 4.37. The van der Waals surface area contributed by atoms with Crippen molar-refractivity contribution in [2.75, 3.05) is 6.54 Å².